The molecule has 0 amide bonds. The van der Waals surface area contributed by atoms with Crippen molar-refractivity contribution in [2.24, 2.45) is 5.92 Å². The fourth-order valence-corrected chi connectivity index (χ4v) is 3.76. The van der Waals surface area contributed by atoms with Crippen LogP contribution in [0.2, 0.25) is 0 Å². The van der Waals surface area contributed by atoms with Gasteiger partial charge in [-0.05, 0) is 18.8 Å². The van der Waals surface area contributed by atoms with Gasteiger partial charge in [-0.1, -0.05) is 55.0 Å². The second-order valence-electron chi connectivity index (χ2n) is 4.95. The average molecular weight is 317 g/mol. The Morgan fingerprint density at radius 1 is 1.29 bits per heavy atom. The number of hydrogen-bond acceptors (Lipinski definition) is 3. The van der Waals surface area contributed by atoms with Gasteiger partial charge in [0, 0.05) is 6.42 Å². The molecule has 0 aliphatic heterocycles. The Morgan fingerprint density at radius 2 is 2.06 bits per heavy atom. The Labute approximate surface area is 116 Å². The highest BCUT2D eigenvalue weighted by Gasteiger charge is 2.15. The maximum absolute atomic E-state index is 4.31. The highest BCUT2D eigenvalue weighted by Crippen LogP contribution is 2.31. The molecule has 2 nitrogen and oxygen atoms in total. The third-order valence-corrected chi connectivity index (χ3v) is 6.08. The number of halogens is 1. The SMILES string of the molecule is CCC(Br)c1nnc(CCC2CCCCC2)s1. The van der Waals surface area contributed by atoms with Crippen molar-refractivity contribution in [3.05, 3.63) is 10.0 Å². The van der Waals surface area contributed by atoms with Crippen molar-refractivity contribution in [1.29, 1.82) is 0 Å². The van der Waals surface area contributed by atoms with Gasteiger partial charge >= 0.3 is 0 Å². The lowest BCUT2D eigenvalue weighted by Crippen LogP contribution is -2.07. The predicted molar refractivity (Wildman–Crippen MR) is 76.8 cm³/mol. The molecule has 1 heterocycles. The number of aryl methyl sites for hydroxylation is 1. The van der Waals surface area contributed by atoms with Crippen molar-refractivity contribution in [2.75, 3.05) is 0 Å². The van der Waals surface area contributed by atoms with E-state index in [2.05, 4.69) is 33.1 Å². The van der Waals surface area contributed by atoms with Gasteiger partial charge < -0.3 is 0 Å². The van der Waals surface area contributed by atoms with Crippen LogP contribution in [-0.2, 0) is 6.42 Å². The molecular weight excluding hydrogens is 296 g/mol. The van der Waals surface area contributed by atoms with Gasteiger partial charge in [0.05, 0.1) is 4.83 Å². The summed E-state index contributed by atoms with van der Waals surface area (Å²) < 4.78 is 0. The molecule has 1 saturated carbocycles. The molecule has 0 radical (unpaired) electrons. The number of alkyl halides is 1. The Balaban J connectivity index is 1.80. The third kappa shape index (κ3) is 4.02. The first kappa shape index (κ1) is 13.5. The lowest BCUT2D eigenvalue weighted by Gasteiger charge is -2.20. The summed E-state index contributed by atoms with van der Waals surface area (Å²) in [6.07, 6.45) is 10.7. The van der Waals surface area contributed by atoms with E-state index >= 15 is 0 Å². The first-order chi connectivity index (χ1) is 8.29. The summed E-state index contributed by atoms with van der Waals surface area (Å²) in [4.78, 5) is 0.392. The second-order valence-corrected chi connectivity index (χ2v) is 7.15. The molecule has 1 aliphatic rings. The molecule has 1 atom stereocenters. The van der Waals surface area contributed by atoms with E-state index in [1.54, 1.807) is 11.3 Å². The molecule has 0 spiro atoms. The fraction of sp³-hybridized carbons (Fsp3) is 0.846. The van der Waals surface area contributed by atoms with Crippen LogP contribution in [-0.4, -0.2) is 10.2 Å². The van der Waals surface area contributed by atoms with E-state index in [9.17, 15) is 0 Å². The normalized spacial score (nSPS) is 19.4. The molecule has 0 saturated heterocycles. The zero-order valence-electron chi connectivity index (χ0n) is 10.5. The summed E-state index contributed by atoms with van der Waals surface area (Å²) in [6.45, 7) is 2.17. The molecule has 4 heteroatoms. The van der Waals surface area contributed by atoms with Gasteiger partial charge in [0.25, 0.3) is 0 Å². The van der Waals surface area contributed by atoms with E-state index in [0.717, 1.165) is 23.8 Å². The lowest BCUT2D eigenvalue weighted by atomic mass is 9.86. The van der Waals surface area contributed by atoms with E-state index < -0.39 is 0 Å². The van der Waals surface area contributed by atoms with Gasteiger partial charge in [-0.2, -0.15) is 0 Å². The Bertz CT molecular complexity index is 334. The van der Waals surface area contributed by atoms with Crippen LogP contribution >= 0.6 is 27.3 Å². The molecular formula is C13H21BrN2S. The molecule has 1 unspecified atom stereocenters. The first-order valence-corrected chi connectivity index (χ1v) is 8.49. The molecule has 1 fully saturated rings. The topological polar surface area (TPSA) is 25.8 Å². The highest BCUT2D eigenvalue weighted by molar-refractivity contribution is 9.09. The average Bonchev–Trinajstić information content (AvgIpc) is 2.85. The fourth-order valence-electron chi connectivity index (χ4n) is 2.47. The lowest BCUT2D eigenvalue weighted by molar-refractivity contribution is 0.339. The molecule has 0 N–H and O–H groups in total. The molecule has 0 aromatic carbocycles. The second kappa shape index (κ2) is 6.83. The minimum Gasteiger partial charge on any atom is -0.144 e. The highest BCUT2D eigenvalue weighted by atomic mass is 79.9. The monoisotopic (exact) mass is 316 g/mol. The van der Waals surface area contributed by atoms with Crippen LogP contribution in [0.25, 0.3) is 0 Å². The summed E-state index contributed by atoms with van der Waals surface area (Å²) in [5, 5.41) is 11.0. The van der Waals surface area contributed by atoms with Gasteiger partial charge in [0.15, 0.2) is 0 Å². The summed E-state index contributed by atoms with van der Waals surface area (Å²) >= 11 is 5.42. The van der Waals surface area contributed by atoms with Crippen LogP contribution in [0.4, 0.5) is 0 Å². The van der Waals surface area contributed by atoms with Crippen LogP contribution in [0.1, 0.15) is 66.7 Å². The minimum absolute atomic E-state index is 0.392. The number of nitrogens with zero attached hydrogens (tertiary/aromatic N) is 2. The largest absolute Gasteiger partial charge is 0.144 e. The minimum atomic E-state index is 0.392. The van der Waals surface area contributed by atoms with Crippen molar-refractivity contribution >= 4 is 27.3 Å². The van der Waals surface area contributed by atoms with Crippen LogP contribution in [0.15, 0.2) is 0 Å². The quantitative estimate of drug-likeness (QED) is 0.722. The molecule has 0 bridgehead atoms. The Kier molecular flexibility index (Phi) is 5.42. The van der Waals surface area contributed by atoms with E-state index in [1.807, 2.05) is 0 Å². The molecule has 17 heavy (non-hydrogen) atoms. The number of aromatic nitrogens is 2. The summed E-state index contributed by atoms with van der Waals surface area (Å²) in [5.74, 6) is 0.946. The predicted octanol–water partition coefficient (Wildman–Crippen LogP) is 4.90. The van der Waals surface area contributed by atoms with Gasteiger partial charge in [-0.15, -0.1) is 21.5 Å². The van der Waals surface area contributed by atoms with E-state index in [-0.39, 0.29) is 0 Å². The molecule has 1 aromatic rings. The summed E-state index contributed by atoms with van der Waals surface area (Å²) in [7, 11) is 0. The van der Waals surface area contributed by atoms with Crippen molar-refractivity contribution in [2.45, 2.75) is 63.1 Å². The van der Waals surface area contributed by atoms with Crippen LogP contribution < -0.4 is 0 Å². The Hall–Kier alpha value is 0.0400. The van der Waals surface area contributed by atoms with Crippen LogP contribution in [0.5, 0.6) is 0 Å². The van der Waals surface area contributed by atoms with Gasteiger partial charge in [-0.25, -0.2) is 0 Å². The van der Waals surface area contributed by atoms with Crippen molar-refractivity contribution in [1.82, 2.24) is 10.2 Å². The standard InChI is InChI=1S/C13H21BrN2S/c1-2-11(14)13-16-15-12(17-13)9-8-10-6-4-3-5-7-10/h10-11H,2-9H2,1H3. The van der Waals surface area contributed by atoms with Crippen LogP contribution in [0, 0.1) is 5.92 Å². The van der Waals surface area contributed by atoms with E-state index in [0.29, 0.717) is 4.83 Å². The van der Waals surface area contributed by atoms with Gasteiger partial charge in [-0.3, -0.25) is 0 Å². The third-order valence-electron chi connectivity index (χ3n) is 3.60. The van der Waals surface area contributed by atoms with Gasteiger partial charge in [0.1, 0.15) is 10.0 Å². The maximum Gasteiger partial charge on any atom is 0.131 e. The van der Waals surface area contributed by atoms with E-state index in [4.69, 9.17) is 0 Å². The number of hydrogen-bond donors (Lipinski definition) is 0. The zero-order valence-corrected chi connectivity index (χ0v) is 12.9. The van der Waals surface area contributed by atoms with Crippen molar-refractivity contribution < 1.29 is 0 Å². The van der Waals surface area contributed by atoms with Crippen molar-refractivity contribution in [3.8, 4) is 0 Å². The summed E-state index contributed by atoms with van der Waals surface area (Å²) in [6, 6.07) is 0. The number of rotatable bonds is 5. The molecule has 2 rings (SSSR count). The van der Waals surface area contributed by atoms with E-state index in [1.165, 1.54) is 43.5 Å². The van der Waals surface area contributed by atoms with Crippen molar-refractivity contribution in [3.63, 3.8) is 0 Å². The molecule has 1 aliphatic carbocycles. The zero-order chi connectivity index (χ0) is 12.1. The maximum atomic E-state index is 4.31. The van der Waals surface area contributed by atoms with Crippen LogP contribution in [0.3, 0.4) is 0 Å². The molecule has 1 aromatic heterocycles. The smallest absolute Gasteiger partial charge is 0.131 e. The van der Waals surface area contributed by atoms with Gasteiger partial charge in [0.2, 0.25) is 0 Å². The molecule has 96 valence electrons. The summed E-state index contributed by atoms with van der Waals surface area (Å²) in [5.41, 5.74) is 0. The Morgan fingerprint density at radius 3 is 2.76 bits per heavy atom. The first-order valence-electron chi connectivity index (χ1n) is 6.76.